The summed E-state index contributed by atoms with van der Waals surface area (Å²) >= 11 is 0. The average Bonchev–Trinajstić information content (AvgIpc) is 3.24. The fourth-order valence-electron chi connectivity index (χ4n) is 2.93. The minimum atomic E-state index is -0.380. The Labute approximate surface area is 140 Å². The highest BCUT2D eigenvalue weighted by molar-refractivity contribution is 5.84. The topological polar surface area (TPSA) is 85.9 Å². The molecule has 0 aromatic heterocycles. The number of esters is 1. The van der Waals surface area contributed by atoms with Crippen molar-refractivity contribution in [3.8, 4) is 11.5 Å². The second-order valence-corrected chi connectivity index (χ2v) is 5.83. The number of hydrogen-bond acceptors (Lipinski definition) is 6. The van der Waals surface area contributed by atoms with Crippen LogP contribution in [0.15, 0.2) is 18.2 Å². The first-order valence-corrected chi connectivity index (χ1v) is 8.26. The van der Waals surface area contributed by atoms with E-state index in [1.165, 1.54) is 0 Å². The van der Waals surface area contributed by atoms with Crippen molar-refractivity contribution in [1.82, 2.24) is 10.6 Å². The second kappa shape index (κ2) is 7.53. The summed E-state index contributed by atoms with van der Waals surface area (Å²) in [5.74, 6) is 1.13. The third-order valence-electron chi connectivity index (χ3n) is 4.18. The molecule has 2 N–H and O–H groups in total. The van der Waals surface area contributed by atoms with Crippen LogP contribution in [0.1, 0.15) is 25.3 Å². The molecule has 0 bridgehead atoms. The Morgan fingerprint density at radius 1 is 1.25 bits per heavy atom. The smallest absolute Gasteiger partial charge is 0.323 e. The molecule has 0 radical (unpaired) electrons. The quantitative estimate of drug-likeness (QED) is 0.747. The van der Waals surface area contributed by atoms with Gasteiger partial charge < -0.3 is 19.5 Å². The molecule has 1 saturated heterocycles. The van der Waals surface area contributed by atoms with Crippen LogP contribution in [0.2, 0.25) is 0 Å². The zero-order valence-electron chi connectivity index (χ0n) is 13.7. The van der Waals surface area contributed by atoms with Crippen LogP contribution >= 0.6 is 0 Å². The normalized spacial score (nSPS) is 21.5. The molecule has 130 valence electrons. The van der Waals surface area contributed by atoms with Crippen molar-refractivity contribution in [1.29, 1.82) is 0 Å². The summed E-state index contributed by atoms with van der Waals surface area (Å²) in [7, 11) is 0. The molecule has 0 aliphatic carbocycles. The zero-order chi connectivity index (χ0) is 16.9. The standard InChI is InChI=1S/C17H22N2O5/c1-2-22-17(21)13-5-4-12(19-13)16(20)18-8-7-11-3-6-14-15(9-11)24-10-23-14/h3,6,9,12-13,19H,2,4-5,7-8,10H2,1H3,(H,18,20). The lowest BCUT2D eigenvalue weighted by Crippen LogP contribution is -2.45. The minimum Gasteiger partial charge on any atom is -0.465 e. The number of rotatable bonds is 6. The van der Waals surface area contributed by atoms with Crippen LogP contribution in [0.3, 0.4) is 0 Å². The van der Waals surface area contributed by atoms with E-state index in [4.69, 9.17) is 14.2 Å². The largest absolute Gasteiger partial charge is 0.465 e. The first-order chi connectivity index (χ1) is 11.7. The molecule has 2 atom stereocenters. The summed E-state index contributed by atoms with van der Waals surface area (Å²) in [6.07, 6.45) is 1.97. The Morgan fingerprint density at radius 2 is 2.04 bits per heavy atom. The maximum atomic E-state index is 12.2. The summed E-state index contributed by atoms with van der Waals surface area (Å²) in [5, 5.41) is 5.94. The van der Waals surface area contributed by atoms with E-state index in [1.54, 1.807) is 6.92 Å². The van der Waals surface area contributed by atoms with E-state index in [9.17, 15) is 9.59 Å². The molecule has 0 saturated carbocycles. The predicted octanol–water partition coefficient (Wildman–Crippen LogP) is 0.758. The molecule has 1 aromatic carbocycles. The van der Waals surface area contributed by atoms with Crippen LogP contribution in [0.5, 0.6) is 11.5 Å². The van der Waals surface area contributed by atoms with Crippen molar-refractivity contribution >= 4 is 11.9 Å². The fraction of sp³-hybridized carbons (Fsp3) is 0.529. The lowest BCUT2D eigenvalue weighted by atomic mass is 10.1. The van der Waals surface area contributed by atoms with Gasteiger partial charge in [-0.3, -0.25) is 14.9 Å². The summed E-state index contributed by atoms with van der Waals surface area (Å²) in [4.78, 5) is 23.8. The molecule has 7 heteroatoms. The van der Waals surface area contributed by atoms with Gasteiger partial charge in [0.05, 0.1) is 12.6 Å². The van der Waals surface area contributed by atoms with Crippen molar-refractivity contribution in [2.45, 2.75) is 38.3 Å². The number of fused-ring (bicyclic) bond motifs is 1. The van der Waals surface area contributed by atoms with Gasteiger partial charge in [0.2, 0.25) is 12.7 Å². The lowest BCUT2D eigenvalue weighted by Gasteiger charge is -2.13. The van der Waals surface area contributed by atoms with E-state index in [-0.39, 0.29) is 30.8 Å². The Bertz CT molecular complexity index is 619. The van der Waals surface area contributed by atoms with Gasteiger partial charge in [-0.2, -0.15) is 0 Å². The molecule has 24 heavy (non-hydrogen) atoms. The maximum Gasteiger partial charge on any atom is 0.323 e. The number of amides is 1. The Balaban J connectivity index is 1.42. The van der Waals surface area contributed by atoms with Crippen LogP contribution in [0.25, 0.3) is 0 Å². The Morgan fingerprint density at radius 3 is 2.88 bits per heavy atom. The summed E-state index contributed by atoms with van der Waals surface area (Å²) < 4.78 is 15.6. The maximum absolute atomic E-state index is 12.2. The molecule has 2 heterocycles. The van der Waals surface area contributed by atoms with Gasteiger partial charge in [0.25, 0.3) is 0 Å². The van der Waals surface area contributed by atoms with E-state index < -0.39 is 0 Å². The van der Waals surface area contributed by atoms with E-state index >= 15 is 0 Å². The van der Waals surface area contributed by atoms with Gasteiger partial charge in [-0.05, 0) is 43.9 Å². The van der Waals surface area contributed by atoms with Crippen molar-refractivity contribution in [2.75, 3.05) is 19.9 Å². The molecule has 3 rings (SSSR count). The number of carbonyl (C=O) groups is 2. The van der Waals surface area contributed by atoms with E-state index in [0.29, 0.717) is 32.4 Å². The van der Waals surface area contributed by atoms with Crippen molar-refractivity contribution < 1.29 is 23.8 Å². The number of nitrogens with one attached hydrogen (secondary N) is 2. The molecule has 0 spiro atoms. The summed E-state index contributed by atoms with van der Waals surface area (Å²) in [5.41, 5.74) is 1.07. The van der Waals surface area contributed by atoms with Crippen LogP contribution in [0.4, 0.5) is 0 Å². The SMILES string of the molecule is CCOC(=O)C1CCC(C(=O)NCCc2ccc3c(c2)OCO3)N1. The van der Waals surface area contributed by atoms with Gasteiger partial charge in [-0.1, -0.05) is 6.07 Å². The number of benzene rings is 1. The first kappa shape index (κ1) is 16.6. The average molecular weight is 334 g/mol. The lowest BCUT2D eigenvalue weighted by molar-refractivity contribution is -0.145. The van der Waals surface area contributed by atoms with Gasteiger partial charge in [0.1, 0.15) is 6.04 Å². The van der Waals surface area contributed by atoms with E-state index in [0.717, 1.165) is 17.1 Å². The molecule has 2 aliphatic rings. The van der Waals surface area contributed by atoms with Crippen LogP contribution in [-0.2, 0) is 20.7 Å². The molecular formula is C17H22N2O5. The predicted molar refractivity (Wildman–Crippen MR) is 85.9 cm³/mol. The highest BCUT2D eigenvalue weighted by atomic mass is 16.7. The molecule has 2 unspecified atom stereocenters. The van der Waals surface area contributed by atoms with Gasteiger partial charge in [0.15, 0.2) is 11.5 Å². The molecular weight excluding hydrogens is 312 g/mol. The van der Waals surface area contributed by atoms with E-state index in [1.807, 2.05) is 18.2 Å². The van der Waals surface area contributed by atoms with Crippen molar-refractivity contribution in [2.24, 2.45) is 0 Å². The highest BCUT2D eigenvalue weighted by Crippen LogP contribution is 2.32. The summed E-state index contributed by atoms with van der Waals surface area (Å²) in [6, 6.07) is 5.05. The Kier molecular flexibility index (Phi) is 5.20. The van der Waals surface area contributed by atoms with Crippen molar-refractivity contribution in [3.05, 3.63) is 23.8 Å². The van der Waals surface area contributed by atoms with Crippen LogP contribution in [0, 0.1) is 0 Å². The Hall–Kier alpha value is -2.28. The second-order valence-electron chi connectivity index (χ2n) is 5.83. The van der Waals surface area contributed by atoms with Gasteiger partial charge in [0, 0.05) is 6.54 Å². The van der Waals surface area contributed by atoms with Gasteiger partial charge in [-0.15, -0.1) is 0 Å². The molecule has 1 aromatic rings. The molecule has 7 nitrogen and oxygen atoms in total. The van der Waals surface area contributed by atoms with E-state index in [2.05, 4.69) is 10.6 Å². The monoisotopic (exact) mass is 334 g/mol. The highest BCUT2D eigenvalue weighted by Gasteiger charge is 2.33. The zero-order valence-corrected chi connectivity index (χ0v) is 13.7. The minimum absolute atomic E-state index is 0.0810. The number of ether oxygens (including phenoxy) is 3. The molecule has 2 aliphatic heterocycles. The van der Waals surface area contributed by atoms with Gasteiger partial charge >= 0.3 is 5.97 Å². The van der Waals surface area contributed by atoms with Crippen LogP contribution in [-0.4, -0.2) is 43.9 Å². The molecule has 1 fully saturated rings. The first-order valence-electron chi connectivity index (χ1n) is 8.26. The summed E-state index contributed by atoms with van der Waals surface area (Å²) in [6.45, 7) is 2.90. The van der Waals surface area contributed by atoms with Crippen molar-refractivity contribution in [3.63, 3.8) is 0 Å². The molecule has 1 amide bonds. The number of hydrogen-bond donors (Lipinski definition) is 2. The third-order valence-corrected chi connectivity index (χ3v) is 4.18. The fourth-order valence-corrected chi connectivity index (χ4v) is 2.93. The number of carbonyl (C=O) groups excluding carboxylic acids is 2. The third kappa shape index (κ3) is 3.79. The van der Waals surface area contributed by atoms with Crippen LogP contribution < -0.4 is 20.1 Å². The van der Waals surface area contributed by atoms with Gasteiger partial charge in [-0.25, -0.2) is 0 Å².